The van der Waals surface area contributed by atoms with Crippen LogP contribution in [0.25, 0.3) is 0 Å². The molecule has 1 aliphatic heterocycles. The molecule has 1 fully saturated rings. The van der Waals surface area contributed by atoms with Crippen LogP contribution in [0.1, 0.15) is 67.9 Å². The van der Waals surface area contributed by atoms with Crippen LogP contribution >= 0.6 is 11.8 Å². The van der Waals surface area contributed by atoms with Crippen LogP contribution < -0.4 is 5.73 Å². The van der Waals surface area contributed by atoms with Crippen LogP contribution in [0.5, 0.6) is 0 Å². The standard InChI is InChI=1S/C15H23N3S/c1-15(2)7-11(16)10-9-17-14(18-12(10)8-15)13-5-3-4-6-19-13/h9,11,13H,3-8,16H2,1-2H3. The van der Waals surface area contributed by atoms with Gasteiger partial charge in [0.15, 0.2) is 0 Å². The maximum absolute atomic E-state index is 6.27. The molecule has 0 spiro atoms. The SMILES string of the molecule is CC1(C)Cc2nc(C3CCCCS3)ncc2C(N)C1. The van der Waals surface area contributed by atoms with E-state index in [1.807, 2.05) is 18.0 Å². The molecule has 0 bridgehead atoms. The van der Waals surface area contributed by atoms with Crippen molar-refractivity contribution in [2.75, 3.05) is 5.75 Å². The minimum Gasteiger partial charge on any atom is -0.324 e. The topological polar surface area (TPSA) is 51.8 Å². The summed E-state index contributed by atoms with van der Waals surface area (Å²) in [4.78, 5) is 9.47. The van der Waals surface area contributed by atoms with Crippen molar-refractivity contribution in [3.8, 4) is 0 Å². The monoisotopic (exact) mass is 277 g/mol. The summed E-state index contributed by atoms with van der Waals surface area (Å²) in [7, 11) is 0. The summed E-state index contributed by atoms with van der Waals surface area (Å²) in [5, 5.41) is 0.500. The number of aromatic nitrogens is 2. The second kappa shape index (κ2) is 5.06. The number of nitrogens with zero attached hydrogens (tertiary/aromatic N) is 2. The lowest BCUT2D eigenvalue weighted by molar-refractivity contribution is 0.277. The van der Waals surface area contributed by atoms with E-state index >= 15 is 0 Å². The Morgan fingerprint density at radius 3 is 2.95 bits per heavy atom. The zero-order chi connectivity index (χ0) is 13.5. The number of thioether (sulfide) groups is 1. The molecule has 1 aromatic heterocycles. The first-order valence-electron chi connectivity index (χ1n) is 7.28. The Hall–Kier alpha value is -0.610. The van der Waals surface area contributed by atoms with Gasteiger partial charge in [-0.2, -0.15) is 11.8 Å². The predicted octanol–water partition coefficient (Wildman–Crippen LogP) is 3.41. The molecule has 2 atom stereocenters. The van der Waals surface area contributed by atoms with E-state index in [4.69, 9.17) is 10.7 Å². The molecule has 3 rings (SSSR count). The van der Waals surface area contributed by atoms with Crippen LogP contribution in [0.2, 0.25) is 0 Å². The molecule has 1 aliphatic carbocycles. The summed E-state index contributed by atoms with van der Waals surface area (Å²) in [6.45, 7) is 4.57. The van der Waals surface area contributed by atoms with Crippen LogP contribution in [0.15, 0.2) is 6.20 Å². The van der Waals surface area contributed by atoms with Crippen molar-refractivity contribution >= 4 is 11.8 Å². The molecule has 104 valence electrons. The predicted molar refractivity (Wildman–Crippen MR) is 80.1 cm³/mol. The lowest BCUT2D eigenvalue weighted by Crippen LogP contribution is -2.31. The van der Waals surface area contributed by atoms with Gasteiger partial charge in [0.1, 0.15) is 5.82 Å². The van der Waals surface area contributed by atoms with Crippen molar-refractivity contribution in [1.82, 2.24) is 9.97 Å². The van der Waals surface area contributed by atoms with Gasteiger partial charge in [0, 0.05) is 23.5 Å². The van der Waals surface area contributed by atoms with Gasteiger partial charge >= 0.3 is 0 Å². The second-order valence-corrected chi connectivity index (χ2v) is 7.95. The summed E-state index contributed by atoms with van der Waals surface area (Å²) in [6.07, 6.45) is 7.92. The average molecular weight is 277 g/mol. The molecule has 1 saturated heterocycles. The fourth-order valence-corrected chi connectivity index (χ4v) is 4.47. The molecule has 2 aliphatic rings. The van der Waals surface area contributed by atoms with Crippen LogP contribution in [0.4, 0.5) is 0 Å². The molecule has 0 aromatic carbocycles. The molecule has 2 unspecified atom stereocenters. The van der Waals surface area contributed by atoms with Gasteiger partial charge in [-0.3, -0.25) is 0 Å². The van der Waals surface area contributed by atoms with Gasteiger partial charge in [-0.25, -0.2) is 9.97 Å². The van der Waals surface area contributed by atoms with E-state index in [0.29, 0.717) is 5.25 Å². The molecule has 0 amide bonds. The third-order valence-electron chi connectivity index (χ3n) is 4.20. The van der Waals surface area contributed by atoms with Crippen molar-refractivity contribution in [3.63, 3.8) is 0 Å². The summed E-state index contributed by atoms with van der Waals surface area (Å²) < 4.78 is 0. The van der Waals surface area contributed by atoms with E-state index in [2.05, 4.69) is 18.8 Å². The molecule has 3 nitrogen and oxygen atoms in total. The molecular formula is C15H23N3S. The van der Waals surface area contributed by atoms with E-state index in [-0.39, 0.29) is 11.5 Å². The highest BCUT2D eigenvalue weighted by atomic mass is 32.2. The Bertz CT molecular complexity index is 466. The normalized spacial score (nSPS) is 29.8. The van der Waals surface area contributed by atoms with Gasteiger partial charge in [0.05, 0.1) is 5.25 Å². The third kappa shape index (κ3) is 2.79. The van der Waals surface area contributed by atoms with E-state index in [1.165, 1.54) is 36.3 Å². The molecule has 2 N–H and O–H groups in total. The lowest BCUT2D eigenvalue weighted by Gasteiger charge is -2.34. The molecule has 19 heavy (non-hydrogen) atoms. The van der Waals surface area contributed by atoms with Gasteiger partial charge in [-0.15, -0.1) is 0 Å². The maximum Gasteiger partial charge on any atom is 0.141 e. The highest BCUT2D eigenvalue weighted by Gasteiger charge is 2.32. The number of hydrogen-bond acceptors (Lipinski definition) is 4. The van der Waals surface area contributed by atoms with Crippen LogP contribution in [0, 0.1) is 5.41 Å². The minimum absolute atomic E-state index is 0.104. The quantitative estimate of drug-likeness (QED) is 0.854. The van der Waals surface area contributed by atoms with Crippen molar-refractivity contribution in [1.29, 1.82) is 0 Å². The Labute approximate surface area is 119 Å². The van der Waals surface area contributed by atoms with E-state index < -0.39 is 0 Å². The van der Waals surface area contributed by atoms with Crippen molar-refractivity contribution in [3.05, 3.63) is 23.3 Å². The van der Waals surface area contributed by atoms with Crippen LogP contribution in [0.3, 0.4) is 0 Å². The number of rotatable bonds is 1. The molecule has 4 heteroatoms. The van der Waals surface area contributed by atoms with Crippen molar-refractivity contribution in [2.24, 2.45) is 11.1 Å². The Kier molecular flexibility index (Phi) is 3.56. The summed E-state index contributed by atoms with van der Waals surface area (Å²) in [5.74, 6) is 2.28. The zero-order valence-corrected chi connectivity index (χ0v) is 12.7. The van der Waals surface area contributed by atoms with Gasteiger partial charge in [0.25, 0.3) is 0 Å². The number of fused-ring (bicyclic) bond motifs is 1. The first kappa shape index (κ1) is 13.4. The summed E-state index contributed by atoms with van der Waals surface area (Å²) in [5.41, 5.74) is 8.89. The van der Waals surface area contributed by atoms with Crippen LogP contribution in [-0.2, 0) is 6.42 Å². The van der Waals surface area contributed by atoms with Gasteiger partial charge in [0.2, 0.25) is 0 Å². The molecule has 0 radical (unpaired) electrons. The van der Waals surface area contributed by atoms with E-state index in [0.717, 1.165) is 18.7 Å². The fourth-order valence-electron chi connectivity index (χ4n) is 3.22. The lowest BCUT2D eigenvalue weighted by atomic mass is 9.74. The van der Waals surface area contributed by atoms with Crippen molar-refractivity contribution in [2.45, 2.75) is 57.2 Å². The fraction of sp³-hybridized carbons (Fsp3) is 0.733. The Morgan fingerprint density at radius 1 is 1.37 bits per heavy atom. The van der Waals surface area contributed by atoms with Gasteiger partial charge < -0.3 is 5.73 Å². The molecule has 0 saturated carbocycles. The first-order valence-corrected chi connectivity index (χ1v) is 8.33. The number of nitrogens with two attached hydrogens (primary N) is 1. The van der Waals surface area contributed by atoms with Gasteiger partial charge in [-0.1, -0.05) is 20.3 Å². The minimum atomic E-state index is 0.104. The smallest absolute Gasteiger partial charge is 0.141 e. The summed E-state index contributed by atoms with van der Waals surface area (Å²) in [6, 6.07) is 0.104. The maximum atomic E-state index is 6.27. The van der Waals surface area contributed by atoms with Gasteiger partial charge in [-0.05, 0) is 36.9 Å². The zero-order valence-electron chi connectivity index (χ0n) is 11.9. The first-order chi connectivity index (χ1) is 9.05. The Balaban J connectivity index is 1.90. The highest BCUT2D eigenvalue weighted by Crippen LogP contribution is 2.41. The second-order valence-electron chi connectivity index (χ2n) is 6.64. The number of hydrogen-bond donors (Lipinski definition) is 1. The van der Waals surface area contributed by atoms with E-state index in [1.54, 1.807) is 0 Å². The van der Waals surface area contributed by atoms with Crippen LogP contribution in [-0.4, -0.2) is 15.7 Å². The largest absolute Gasteiger partial charge is 0.324 e. The highest BCUT2D eigenvalue weighted by molar-refractivity contribution is 7.99. The Morgan fingerprint density at radius 2 is 2.21 bits per heavy atom. The summed E-state index contributed by atoms with van der Waals surface area (Å²) >= 11 is 2.01. The molecule has 2 heterocycles. The van der Waals surface area contributed by atoms with Crippen molar-refractivity contribution < 1.29 is 0 Å². The molecule has 1 aromatic rings. The van der Waals surface area contributed by atoms with E-state index in [9.17, 15) is 0 Å². The average Bonchev–Trinajstić information content (AvgIpc) is 2.37. The molecular weight excluding hydrogens is 254 g/mol. The third-order valence-corrected chi connectivity index (χ3v) is 5.58.